The van der Waals surface area contributed by atoms with Gasteiger partial charge in [-0.25, -0.2) is 4.98 Å². The quantitative estimate of drug-likeness (QED) is 0.513. The van der Waals surface area contributed by atoms with Gasteiger partial charge in [-0.1, -0.05) is 29.8 Å². The van der Waals surface area contributed by atoms with E-state index in [0.29, 0.717) is 40.7 Å². The van der Waals surface area contributed by atoms with Gasteiger partial charge in [0.1, 0.15) is 18.4 Å². The van der Waals surface area contributed by atoms with Crippen LogP contribution in [-0.4, -0.2) is 46.2 Å². The second kappa shape index (κ2) is 9.78. The van der Waals surface area contributed by atoms with Crippen molar-refractivity contribution < 1.29 is 22.7 Å². The topological polar surface area (TPSA) is 97.8 Å². The van der Waals surface area contributed by atoms with Gasteiger partial charge < -0.3 is 14.8 Å². The van der Waals surface area contributed by atoms with E-state index in [4.69, 9.17) is 21.1 Å². The van der Waals surface area contributed by atoms with Crippen molar-refractivity contribution in [2.24, 2.45) is 0 Å². The second-order valence-corrected chi connectivity index (χ2v) is 9.48. The number of ether oxygens (including phenoxy) is 2. The highest BCUT2D eigenvalue weighted by atomic mass is 35.5. The van der Waals surface area contributed by atoms with Gasteiger partial charge in [0.15, 0.2) is 5.03 Å². The molecule has 0 radical (unpaired) electrons. The molecule has 1 amide bonds. The summed E-state index contributed by atoms with van der Waals surface area (Å²) in [6, 6.07) is 15.7. The van der Waals surface area contributed by atoms with E-state index in [2.05, 4.69) is 10.3 Å². The molecule has 0 bridgehead atoms. The van der Waals surface area contributed by atoms with Crippen LogP contribution in [-0.2, 0) is 14.8 Å². The fourth-order valence-corrected chi connectivity index (χ4v) is 5.24. The fourth-order valence-electron chi connectivity index (χ4n) is 3.54. The van der Waals surface area contributed by atoms with Crippen molar-refractivity contribution in [3.05, 3.63) is 83.0 Å². The van der Waals surface area contributed by atoms with E-state index in [1.807, 2.05) is 0 Å². The second-order valence-electron chi connectivity index (χ2n) is 7.28. The number of halogens is 1. The van der Waals surface area contributed by atoms with Crippen molar-refractivity contribution >= 4 is 33.2 Å². The van der Waals surface area contributed by atoms with Gasteiger partial charge in [0.05, 0.1) is 12.3 Å². The maximum absolute atomic E-state index is 13.7. The first-order valence-corrected chi connectivity index (χ1v) is 12.0. The molecule has 4 rings (SSSR count). The highest BCUT2D eigenvalue weighted by Crippen LogP contribution is 2.43. The lowest BCUT2D eigenvalue weighted by molar-refractivity contribution is 0.0936. The van der Waals surface area contributed by atoms with Gasteiger partial charge in [-0.2, -0.15) is 8.42 Å². The molecule has 1 aliphatic rings. The number of aromatic nitrogens is 1. The molecule has 1 unspecified atom stereocenters. The standard InChI is InChI=1S/C23H22ClN3O5S/c1-31-13-12-26-23(28)17-7-10-19-21(14-17)32-15-20(16-5-8-18(24)9-6-16)27(19)33(29,30)22-4-2-3-11-25-22/h2-11,14,20H,12-13,15H2,1H3,(H,26,28). The van der Waals surface area contributed by atoms with E-state index in [1.165, 1.54) is 22.6 Å². The minimum Gasteiger partial charge on any atom is -0.489 e. The van der Waals surface area contributed by atoms with Gasteiger partial charge in [-0.15, -0.1) is 0 Å². The molecule has 8 nitrogen and oxygen atoms in total. The molecule has 0 spiro atoms. The Hall–Kier alpha value is -3.14. The summed E-state index contributed by atoms with van der Waals surface area (Å²) in [5, 5.41) is 3.20. The molecular weight excluding hydrogens is 466 g/mol. The van der Waals surface area contributed by atoms with Crippen molar-refractivity contribution in [1.82, 2.24) is 10.3 Å². The zero-order valence-corrected chi connectivity index (χ0v) is 19.3. The number of nitrogens with one attached hydrogen (secondary N) is 1. The molecular formula is C23H22ClN3O5S. The Morgan fingerprint density at radius 2 is 2.00 bits per heavy atom. The average molecular weight is 488 g/mol. The van der Waals surface area contributed by atoms with Crippen LogP contribution in [0.4, 0.5) is 5.69 Å². The molecule has 33 heavy (non-hydrogen) atoms. The summed E-state index contributed by atoms with van der Waals surface area (Å²) >= 11 is 6.03. The first kappa shape index (κ1) is 23.0. The first-order valence-electron chi connectivity index (χ1n) is 10.2. The van der Waals surface area contributed by atoms with Crippen molar-refractivity contribution in [3.8, 4) is 5.75 Å². The van der Waals surface area contributed by atoms with Crippen LogP contribution in [0.15, 0.2) is 71.9 Å². The van der Waals surface area contributed by atoms with Crippen LogP contribution >= 0.6 is 11.6 Å². The van der Waals surface area contributed by atoms with Crippen LogP contribution in [0, 0.1) is 0 Å². The number of hydrogen-bond acceptors (Lipinski definition) is 6. The summed E-state index contributed by atoms with van der Waals surface area (Å²) in [5.41, 5.74) is 1.39. The molecule has 1 aliphatic heterocycles. The lowest BCUT2D eigenvalue weighted by Gasteiger charge is -2.37. The summed E-state index contributed by atoms with van der Waals surface area (Å²) in [7, 11) is -2.49. The van der Waals surface area contributed by atoms with Gasteiger partial charge >= 0.3 is 0 Å². The van der Waals surface area contributed by atoms with E-state index in [-0.39, 0.29) is 17.5 Å². The van der Waals surface area contributed by atoms with Crippen molar-refractivity contribution in [2.75, 3.05) is 31.2 Å². The highest BCUT2D eigenvalue weighted by molar-refractivity contribution is 7.92. The highest BCUT2D eigenvalue weighted by Gasteiger charge is 2.39. The Morgan fingerprint density at radius 1 is 1.21 bits per heavy atom. The number of methoxy groups -OCH3 is 1. The lowest BCUT2D eigenvalue weighted by Crippen LogP contribution is -2.41. The summed E-state index contributed by atoms with van der Waals surface area (Å²) in [6.45, 7) is 0.785. The summed E-state index contributed by atoms with van der Waals surface area (Å²) in [6.07, 6.45) is 1.43. The van der Waals surface area contributed by atoms with Gasteiger partial charge in [-0.3, -0.25) is 9.10 Å². The van der Waals surface area contributed by atoms with Crippen LogP contribution in [0.25, 0.3) is 0 Å². The van der Waals surface area contributed by atoms with E-state index in [0.717, 1.165) is 0 Å². The summed E-state index contributed by atoms with van der Waals surface area (Å²) in [4.78, 5) is 16.5. The van der Waals surface area contributed by atoms with Crippen LogP contribution in [0.2, 0.25) is 5.02 Å². The molecule has 1 atom stereocenters. The number of rotatable bonds is 7. The fraction of sp³-hybridized carbons (Fsp3) is 0.217. The first-order chi connectivity index (χ1) is 15.9. The van der Waals surface area contributed by atoms with E-state index >= 15 is 0 Å². The van der Waals surface area contributed by atoms with Crippen LogP contribution in [0.3, 0.4) is 0 Å². The molecule has 172 valence electrons. The minimum atomic E-state index is -4.04. The maximum Gasteiger partial charge on any atom is 0.282 e. The summed E-state index contributed by atoms with van der Waals surface area (Å²) < 4.78 is 39.5. The molecule has 1 aromatic heterocycles. The number of anilines is 1. The zero-order chi connectivity index (χ0) is 23.4. The molecule has 0 fully saturated rings. The predicted molar refractivity (Wildman–Crippen MR) is 124 cm³/mol. The van der Waals surface area contributed by atoms with Gasteiger partial charge in [0.2, 0.25) is 0 Å². The third kappa shape index (κ3) is 4.80. The minimum absolute atomic E-state index is 0.0510. The number of fused-ring (bicyclic) bond motifs is 1. The van der Waals surface area contributed by atoms with Crippen LogP contribution < -0.4 is 14.4 Å². The Morgan fingerprint density at radius 3 is 2.70 bits per heavy atom. The number of carbonyl (C=O) groups excluding carboxylic acids is 1. The smallest absolute Gasteiger partial charge is 0.282 e. The Kier molecular flexibility index (Phi) is 6.83. The third-order valence-electron chi connectivity index (χ3n) is 5.15. The molecule has 0 aliphatic carbocycles. The maximum atomic E-state index is 13.7. The van der Waals surface area contributed by atoms with E-state index < -0.39 is 16.1 Å². The Balaban J connectivity index is 1.77. The molecule has 0 saturated heterocycles. The zero-order valence-electron chi connectivity index (χ0n) is 17.8. The number of carbonyl (C=O) groups is 1. The number of sulfonamides is 1. The Bertz CT molecular complexity index is 1240. The third-order valence-corrected chi connectivity index (χ3v) is 7.14. The monoisotopic (exact) mass is 487 g/mol. The molecule has 0 saturated carbocycles. The van der Waals surface area contributed by atoms with Gasteiger partial charge in [0.25, 0.3) is 15.9 Å². The van der Waals surface area contributed by atoms with E-state index in [1.54, 1.807) is 55.6 Å². The largest absolute Gasteiger partial charge is 0.489 e. The molecule has 2 heterocycles. The molecule has 3 aromatic rings. The van der Waals surface area contributed by atoms with Crippen molar-refractivity contribution in [1.29, 1.82) is 0 Å². The van der Waals surface area contributed by atoms with Gasteiger partial charge in [0, 0.05) is 30.4 Å². The lowest BCUT2D eigenvalue weighted by atomic mass is 10.0. The number of nitrogens with zero attached hydrogens (tertiary/aromatic N) is 2. The number of pyridine rings is 1. The molecule has 1 N–H and O–H groups in total. The van der Waals surface area contributed by atoms with Gasteiger partial charge in [-0.05, 0) is 48.0 Å². The van der Waals surface area contributed by atoms with Crippen molar-refractivity contribution in [3.63, 3.8) is 0 Å². The SMILES string of the molecule is COCCNC(=O)c1ccc2c(c1)OCC(c1ccc(Cl)cc1)N2S(=O)(=O)c1ccccn1. The van der Waals surface area contributed by atoms with Crippen molar-refractivity contribution in [2.45, 2.75) is 11.1 Å². The molecule has 2 aromatic carbocycles. The number of amides is 1. The summed E-state index contributed by atoms with van der Waals surface area (Å²) in [5.74, 6) is -0.0171. The predicted octanol–water partition coefficient (Wildman–Crippen LogP) is 3.44. The number of benzene rings is 2. The van der Waals surface area contributed by atoms with Crippen LogP contribution in [0.1, 0.15) is 22.0 Å². The number of hydrogen-bond donors (Lipinski definition) is 1. The van der Waals surface area contributed by atoms with E-state index in [9.17, 15) is 13.2 Å². The van der Waals surface area contributed by atoms with Crippen LogP contribution in [0.5, 0.6) is 5.75 Å². The normalized spacial score (nSPS) is 15.5. The molecule has 10 heteroatoms. The Labute approximate surface area is 197 Å². The average Bonchev–Trinajstić information content (AvgIpc) is 2.84.